The highest BCUT2D eigenvalue weighted by molar-refractivity contribution is 5.70. The average molecular weight is 289 g/mol. The van der Waals surface area contributed by atoms with Crippen molar-refractivity contribution in [2.75, 3.05) is 7.11 Å². The lowest BCUT2D eigenvalue weighted by molar-refractivity contribution is -0.141. The number of hydrogen-bond acceptors (Lipinski definition) is 3. The van der Waals surface area contributed by atoms with Crippen LogP contribution in [0.1, 0.15) is 49.8 Å². The molecule has 0 heterocycles. The molecule has 21 heavy (non-hydrogen) atoms. The van der Waals surface area contributed by atoms with Gasteiger partial charge in [0.2, 0.25) is 0 Å². The van der Waals surface area contributed by atoms with E-state index >= 15 is 0 Å². The van der Waals surface area contributed by atoms with E-state index in [4.69, 9.17) is 4.74 Å². The molecule has 1 aromatic carbocycles. The van der Waals surface area contributed by atoms with Crippen molar-refractivity contribution in [2.45, 2.75) is 64.5 Å². The zero-order chi connectivity index (χ0) is 15.2. The first-order chi connectivity index (χ1) is 10.1. The fourth-order valence-electron chi connectivity index (χ4n) is 3.03. The van der Waals surface area contributed by atoms with Gasteiger partial charge >= 0.3 is 5.97 Å². The summed E-state index contributed by atoms with van der Waals surface area (Å²) in [6.07, 6.45) is 6.05. The number of aryl methyl sites for hydroxylation is 2. The monoisotopic (exact) mass is 289 g/mol. The van der Waals surface area contributed by atoms with Crippen molar-refractivity contribution >= 4 is 5.97 Å². The summed E-state index contributed by atoms with van der Waals surface area (Å²) in [7, 11) is 1.46. The molecule has 1 aromatic rings. The number of esters is 1. The van der Waals surface area contributed by atoms with Crippen molar-refractivity contribution in [1.29, 1.82) is 0 Å². The second kappa shape index (κ2) is 7.60. The molecule has 0 fully saturated rings. The molecule has 0 amide bonds. The quantitative estimate of drug-likeness (QED) is 0.784. The number of benzene rings is 1. The van der Waals surface area contributed by atoms with E-state index in [9.17, 15) is 4.79 Å². The molecule has 0 radical (unpaired) electrons. The van der Waals surface area contributed by atoms with Crippen LogP contribution in [0.25, 0.3) is 0 Å². The van der Waals surface area contributed by atoms with E-state index in [0.717, 1.165) is 12.8 Å². The Kier molecular flexibility index (Phi) is 5.80. The molecular formula is C18H27NO2. The van der Waals surface area contributed by atoms with E-state index in [0.29, 0.717) is 12.5 Å². The van der Waals surface area contributed by atoms with Crippen molar-refractivity contribution in [1.82, 2.24) is 5.32 Å². The van der Waals surface area contributed by atoms with Gasteiger partial charge in [-0.3, -0.25) is 4.79 Å². The number of ether oxygens (including phenoxy) is 1. The Balaban J connectivity index is 2.04. The molecule has 0 aromatic heterocycles. The Labute approximate surface area is 128 Å². The first-order valence-corrected chi connectivity index (χ1v) is 8.06. The van der Waals surface area contributed by atoms with Crippen molar-refractivity contribution < 1.29 is 9.53 Å². The van der Waals surface area contributed by atoms with Crippen LogP contribution in [0.15, 0.2) is 18.2 Å². The minimum absolute atomic E-state index is 0.142. The van der Waals surface area contributed by atoms with E-state index < -0.39 is 0 Å². The standard InChI is InChI=1S/C18H27NO2/c1-4-13(2)19-17(12-18(20)21-3)11-14-8-9-15-6-5-7-16(15)10-14/h8-10,13,17,19H,4-7,11-12H2,1-3H3. The van der Waals surface area contributed by atoms with Crippen LogP contribution in [0, 0.1) is 0 Å². The minimum Gasteiger partial charge on any atom is -0.469 e. The van der Waals surface area contributed by atoms with E-state index in [2.05, 4.69) is 37.4 Å². The third kappa shape index (κ3) is 4.57. The molecule has 0 saturated heterocycles. The Morgan fingerprint density at radius 1 is 1.33 bits per heavy atom. The van der Waals surface area contributed by atoms with Gasteiger partial charge in [0.1, 0.15) is 0 Å². The van der Waals surface area contributed by atoms with Gasteiger partial charge < -0.3 is 10.1 Å². The fourth-order valence-corrected chi connectivity index (χ4v) is 3.03. The summed E-state index contributed by atoms with van der Waals surface area (Å²) in [5.74, 6) is -0.142. The summed E-state index contributed by atoms with van der Waals surface area (Å²) >= 11 is 0. The van der Waals surface area contributed by atoms with Crippen LogP contribution >= 0.6 is 0 Å². The summed E-state index contributed by atoms with van der Waals surface area (Å²) < 4.78 is 4.83. The molecule has 2 unspecified atom stereocenters. The second-order valence-electron chi connectivity index (χ2n) is 6.11. The first kappa shape index (κ1) is 16.0. The molecule has 2 atom stereocenters. The summed E-state index contributed by atoms with van der Waals surface area (Å²) in [4.78, 5) is 11.6. The van der Waals surface area contributed by atoms with Crippen LogP contribution in [-0.2, 0) is 28.8 Å². The van der Waals surface area contributed by atoms with Gasteiger partial charge in [-0.2, -0.15) is 0 Å². The van der Waals surface area contributed by atoms with Crippen molar-refractivity contribution in [3.63, 3.8) is 0 Å². The predicted molar refractivity (Wildman–Crippen MR) is 85.5 cm³/mol. The van der Waals surface area contributed by atoms with Crippen LogP contribution in [0.2, 0.25) is 0 Å². The number of methoxy groups -OCH3 is 1. The zero-order valence-corrected chi connectivity index (χ0v) is 13.4. The third-order valence-corrected chi connectivity index (χ3v) is 4.42. The fraction of sp³-hybridized carbons (Fsp3) is 0.611. The maximum atomic E-state index is 11.6. The van der Waals surface area contributed by atoms with Crippen molar-refractivity contribution in [2.24, 2.45) is 0 Å². The largest absolute Gasteiger partial charge is 0.469 e. The van der Waals surface area contributed by atoms with Gasteiger partial charge in [-0.25, -0.2) is 0 Å². The molecule has 116 valence electrons. The molecular weight excluding hydrogens is 262 g/mol. The van der Waals surface area contributed by atoms with Crippen LogP contribution in [0.5, 0.6) is 0 Å². The maximum Gasteiger partial charge on any atom is 0.307 e. The molecule has 1 aliphatic rings. The van der Waals surface area contributed by atoms with Gasteiger partial charge in [-0.1, -0.05) is 25.1 Å². The van der Waals surface area contributed by atoms with Crippen LogP contribution < -0.4 is 5.32 Å². The maximum absolute atomic E-state index is 11.6. The smallest absolute Gasteiger partial charge is 0.307 e. The lowest BCUT2D eigenvalue weighted by Gasteiger charge is -2.22. The van der Waals surface area contributed by atoms with Gasteiger partial charge in [0.05, 0.1) is 13.5 Å². The number of rotatable bonds is 7. The van der Waals surface area contributed by atoms with Crippen LogP contribution in [-0.4, -0.2) is 25.2 Å². The highest BCUT2D eigenvalue weighted by Gasteiger charge is 2.18. The predicted octanol–water partition coefficient (Wildman–Crippen LogP) is 3.04. The SMILES string of the molecule is CCC(C)NC(CC(=O)OC)Cc1ccc2c(c1)CCC2. The Bertz CT molecular complexity index is 484. The second-order valence-corrected chi connectivity index (χ2v) is 6.11. The molecule has 0 saturated carbocycles. The van der Waals surface area contributed by atoms with Gasteiger partial charge in [0.15, 0.2) is 0 Å². The Morgan fingerprint density at radius 2 is 2.10 bits per heavy atom. The molecule has 0 aliphatic heterocycles. The average Bonchev–Trinajstić information content (AvgIpc) is 2.94. The first-order valence-electron chi connectivity index (χ1n) is 8.06. The number of hydrogen-bond donors (Lipinski definition) is 1. The minimum atomic E-state index is -0.142. The normalized spacial score (nSPS) is 16.3. The number of nitrogens with one attached hydrogen (secondary N) is 1. The Morgan fingerprint density at radius 3 is 2.81 bits per heavy atom. The molecule has 0 spiro atoms. The van der Waals surface area contributed by atoms with E-state index in [1.54, 1.807) is 0 Å². The lowest BCUT2D eigenvalue weighted by atomic mass is 9.98. The zero-order valence-electron chi connectivity index (χ0n) is 13.4. The van der Waals surface area contributed by atoms with Crippen LogP contribution in [0.3, 0.4) is 0 Å². The molecule has 0 bridgehead atoms. The number of carbonyl (C=O) groups excluding carboxylic acids is 1. The third-order valence-electron chi connectivity index (χ3n) is 4.42. The van der Waals surface area contributed by atoms with Crippen LogP contribution in [0.4, 0.5) is 0 Å². The van der Waals surface area contributed by atoms with E-state index in [1.165, 1.54) is 43.1 Å². The lowest BCUT2D eigenvalue weighted by Crippen LogP contribution is -2.39. The summed E-state index contributed by atoms with van der Waals surface area (Å²) in [5, 5.41) is 3.55. The van der Waals surface area contributed by atoms with Gasteiger partial charge in [0, 0.05) is 12.1 Å². The summed E-state index contributed by atoms with van der Waals surface area (Å²) in [5.41, 5.74) is 4.31. The van der Waals surface area contributed by atoms with Gasteiger partial charge in [-0.15, -0.1) is 0 Å². The number of carbonyl (C=O) groups is 1. The van der Waals surface area contributed by atoms with Gasteiger partial charge in [0.25, 0.3) is 0 Å². The van der Waals surface area contributed by atoms with E-state index in [-0.39, 0.29) is 12.0 Å². The molecule has 1 N–H and O–H groups in total. The highest BCUT2D eigenvalue weighted by Crippen LogP contribution is 2.23. The van der Waals surface area contributed by atoms with Gasteiger partial charge in [-0.05, 0) is 55.7 Å². The molecule has 3 nitrogen and oxygen atoms in total. The molecule has 1 aliphatic carbocycles. The highest BCUT2D eigenvalue weighted by atomic mass is 16.5. The summed E-state index contributed by atoms with van der Waals surface area (Å²) in [6.45, 7) is 4.31. The number of fused-ring (bicyclic) bond motifs is 1. The van der Waals surface area contributed by atoms with Crippen molar-refractivity contribution in [3.05, 3.63) is 34.9 Å². The van der Waals surface area contributed by atoms with Crippen molar-refractivity contribution in [3.8, 4) is 0 Å². The summed E-state index contributed by atoms with van der Waals surface area (Å²) in [6, 6.07) is 7.36. The molecule has 2 rings (SSSR count). The topological polar surface area (TPSA) is 38.3 Å². The molecule has 3 heteroatoms. The Hall–Kier alpha value is -1.35. The van der Waals surface area contributed by atoms with E-state index in [1.807, 2.05) is 0 Å².